The maximum absolute atomic E-state index is 11.3. The second-order valence-electron chi connectivity index (χ2n) is 6.20. The standard InChI is InChI=1S/C13H22ClN3O2S/c1-8(7-20(6,18)19)15-11-9(2)10(14)16-12(17-11)13(3,4)5/h8H,7H2,1-6H3,(H,15,16,17). The number of nitrogens with zero attached hydrogens (tertiary/aromatic N) is 2. The van der Waals surface area contributed by atoms with Gasteiger partial charge in [-0.1, -0.05) is 32.4 Å². The second kappa shape index (κ2) is 5.85. The molecule has 1 heterocycles. The van der Waals surface area contributed by atoms with Gasteiger partial charge in [-0.15, -0.1) is 0 Å². The van der Waals surface area contributed by atoms with E-state index in [2.05, 4.69) is 15.3 Å². The van der Waals surface area contributed by atoms with Gasteiger partial charge in [0.15, 0.2) is 0 Å². The van der Waals surface area contributed by atoms with E-state index in [9.17, 15) is 8.42 Å². The molecule has 114 valence electrons. The van der Waals surface area contributed by atoms with Crippen LogP contribution in [0, 0.1) is 6.92 Å². The van der Waals surface area contributed by atoms with E-state index in [0.29, 0.717) is 16.8 Å². The molecule has 7 heteroatoms. The summed E-state index contributed by atoms with van der Waals surface area (Å²) in [6, 6.07) is -0.248. The van der Waals surface area contributed by atoms with Crippen LogP contribution in [0.5, 0.6) is 0 Å². The SMILES string of the molecule is Cc1c(Cl)nc(C(C)(C)C)nc1NC(C)CS(C)(=O)=O. The predicted octanol–water partition coefficient (Wildman–Crippen LogP) is 2.58. The molecule has 5 nitrogen and oxygen atoms in total. The van der Waals surface area contributed by atoms with Crippen molar-refractivity contribution in [2.45, 2.75) is 46.1 Å². The van der Waals surface area contributed by atoms with E-state index in [1.165, 1.54) is 6.26 Å². The Morgan fingerprint density at radius 2 is 1.85 bits per heavy atom. The molecular weight excluding hydrogens is 298 g/mol. The zero-order valence-electron chi connectivity index (χ0n) is 12.8. The van der Waals surface area contributed by atoms with Gasteiger partial charge in [0.05, 0.1) is 5.75 Å². The quantitative estimate of drug-likeness (QED) is 0.864. The van der Waals surface area contributed by atoms with E-state index in [1.807, 2.05) is 27.7 Å². The Hall–Kier alpha value is -0.880. The molecule has 1 N–H and O–H groups in total. The average Bonchev–Trinajstić information content (AvgIpc) is 2.20. The highest BCUT2D eigenvalue weighted by molar-refractivity contribution is 7.90. The highest BCUT2D eigenvalue weighted by Crippen LogP contribution is 2.26. The minimum absolute atomic E-state index is 0.0406. The molecule has 1 aromatic heterocycles. The van der Waals surface area contributed by atoms with Crippen LogP contribution >= 0.6 is 11.6 Å². The van der Waals surface area contributed by atoms with Crippen LogP contribution in [0.4, 0.5) is 5.82 Å². The smallest absolute Gasteiger partial charge is 0.149 e. The summed E-state index contributed by atoms with van der Waals surface area (Å²) in [6.07, 6.45) is 1.21. The average molecular weight is 320 g/mol. The molecule has 1 unspecified atom stereocenters. The molecule has 0 bridgehead atoms. The largest absolute Gasteiger partial charge is 0.366 e. The first-order chi connectivity index (χ1) is 8.90. The van der Waals surface area contributed by atoms with Crippen LogP contribution in [0.1, 0.15) is 39.1 Å². The summed E-state index contributed by atoms with van der Waals surface area (Å²) in [5.41, 5.74) is 0.494. The Labute approximate surface area is 126 Å². The molecule has 0 aliphatic carbocycles. The van der Waals surface area contributed by atoms with Gasteiger partial charge in [0.2, 0.25) is 0 Å². The lowest BCUT2D eigenvalue weighted by Crippen LogP contribution is -2.27. The van der Waals surface area contributed by atoms with Gasteiger partial charge in [0, 0.05) is 23.3 Å². The van der Waals surface area contributed by atoms with E-state index < -0.39 is 9.84 Å². The number of hydrogen-bond donors (Lipinski definition) is 1. The lowest BCUT2D eigenvalue weighted by atomic mass is 9.95. The van der Waals surface area contributed by atoms with Gasteiger partial charge in [-0.25, -0.2) is 18.4 Å². The maximum Gasteiger partial charge on any atom is 0.149 e. The van der Waals surface area contributed by atoms with Gasteiger partial charge < -0.3 is 5.32 Å². The zero-order valence-corrected chi connectivity index (χ0v) is 14.4. The third-order valence-corrected chi connectivity index (χ3v) is 4.17. The summed E-state index contributed by atoms with van der Waals surface area (Å²) < 4.78 is 22.6. The van der Waals surface area contributed by atoms with Crippen LogP contribution in [0.25, 0.3) is 0 Å². The molecule has 1 aromatic rings. The first kappa shape index (κ1) is 17.2. The highest BCUT2D eigenvalue weighted by atomic mass is 35.5. The summed E-state index contributed by atoms with van der Waals surface area (Å²) >= 11 is 6.13. The molecule has 0 spiro atoms. The van der Waals surface area contributed by atoms with Gasteiger partial charge in [0.1, 0.15) is 26.6 Å². The fraction of sp³-hybridized carbons (Fsp3) is 0.692. The van der Waals surface area contributed by atoms with Crippen LogP contribution in [0.3, 0.4) is 0 Å². The summed E-state index contributed by atoms with van der Waals surface area (Å²) in [6.45, 7) is 9.60. The number of hydrogen-bond acceptors (Lipinski definition) is 5. The Morgan fingerprint density at radius 3 is 2.30 bits per heavy atom. The van der Waals surface area contributed by atoms with E-state index in [4.69, 9.17) is 11.6 Å². The van der Waals surface area contributed by atoms with Crippen LogP contribution in [-0.4, -0.2) is 36.4 Å². The lowest BCUT2D eigenvalue weighted by Gasteiger charge is -2.21. The number of rotatable bonds is 4. The number of halogens is 1. The van der Waals surface area contributed by atoms with Crippen molar-refractivity contribution in [1.82, 2.24) is 9.97 Å². The summed E-state index contributed by atoms with van der Waals surface area (Å²) in [7, 11) is -3.04. The van der Waals surface area contributed by atoms with Crippen molar-refractivity contribution in [3.8, 4) is 0 Å². The number of anilines is 1. The van der Waals surface area contributed by atoms with E-state index in [1.54, 1.807) is 6.92 Å². The molecule has 0 saturated carbocycles. The molecule has 1 rings (SSSR count). The Kier molecular flexibility index (Phi) is 5.03. The Morgan fingerprint density at radius 1 is 1.30 bits per heavy atom. The molecule has 1 atom stereocenters. The maximum atomic E-state index is 11.3. The monoisotopic (exact) mass is 319 g/mol. The lowest BCUT2D eigenvalue weighted by molar-refractivity contribution is 0.545. The molecule has 20 heavy (non-hydrogen) atoms. The third kappa shape index (κ3) is 4.90. The number of nitrogens with one attached hydrogen (secondary N) is 1. The molecule has 0 aliphatic heterocycles. The summed E-state index contributed by atoms with van der Waals surface area (Å²) in [5, 5.41) is 3.49. The molecular formula is C13H22ClN3O2S. The topological polar surface area (TPSA) is 72.0 Å². The fourth-order valence-electron chi connectivity index (χ4n) is 1.69. The van der Waals surface area contributed by atoms with Crippen molar-refractivity contribution in [2.24, 2.45) is 0 Å². The molecule has 0 saturated heterocycles. The van der Waals surface area contributed by atoms with Crippen LogP contribution < -0.4 is 5.32 Å². The summed E-state index contributed by atoms with van der Waals surface area (Å²) in [4.78, 5) is 8.76. The van der Waals surface area contributed by atoms with Gasteiger partial charge in [-0.05, 0) is 13.8 Å². The minimum atomic E-state index is -3.04. The third-order valence-electron chi connectivity index (χ3n) is 2.69. The molecule has 0 aliphatic rings. The van der Waals surface area contributed by atoms with Crippen LogP contribution in [0.15, 0.2) is 0 Å². The first-order valence-corrected chi connectivity index (χ1v) is 8.83. The molecule has 0 radical (unpaired) electrons. The van der Waals surface area contributed by atoms with Crippen LogP contribution in [-0.2, 0) is 15.3 Å². The van der Waals surface area contributed by atoms with Crippen molar-refractivity contribution in [2.75, 3.05) is 17.3 Å². The van der Waals surface area contributed by atoms with E-state index in [-0.39, 0.29) is 17.2 Å². The van der Waals surface area contributed by atoms with Crippen molar-refractivity contribution >= 4 is 27.3 Å². The molecule has 0 aromatic carbocycles. The Balaban J connectivity index is 3.09. The first-order valence-electron chi connectivity index (χ1n) is 6.39. The zero-order chi connectivity index (χ0) is 15.7. The van der Waals surface area contributed by atoms with E-state index >= 15 is 0 Å². The van der Waals surface area contributed by atoms with Gasteiger partial charge in [-0.2, -0.15) is 0 Å². The normalized spacial score (nSPS) is 14.2. The van der Waals surface area contributed by atoms with Crippen molar-refractivity contribution < 1.29 is 8.42 Å². The summed E-state index contributed by atoms with van der Waals surface area (Å²) in [5.74, 6) is 1.26. The highest BCUT2D eigenvalue weighted by Gasteiger charge is 2.21. The predicted molar refractivity (Wildman–Crippen MR) is 83.3 cm³/mol. The van der Waals surface area contributed by atoms with Crippen molar-refractivity contribution in [3.63, 3.8) is 0 Å². The fourth-order valence-corrected chi connectivity index (χ4v) is 2.86. The van der Waals surface area contributed by atoms with Gasteiger partial charge in [-0.3, -0.25) is 0 Å². The van der Waals surface area contributed by atoms with E-state index in [0.717, 1.165) is 5.56 Å². The molecule has 0 fully saturated rings. The van der Waals surface area contributed by atoms with Crippen LogP contribution in [0.2, 0.25) is 5.15 Å². The number of sulfone groups is 1. The van der Waals surface area contributed by atoms with Crippen molar-refractivity contribution in [1.29, 1.82) is 0 Å². The number of aromatic nitrogens is 2. The second-order valence-corrected chi connectivity index (χ2v) is 8.74. The Bertz CT molecular complexity index is 594. The van der Waals surface area contributed by atoms with Crippen molar-refractivity contribution in [3.05, 3.63) is 16.5 Å². The van der Waals surface area contributed by atoms with Gasteiger partial charge >= 0.3 is 0 Å². The van der Waals surface area contributed by atoms with Gasteiger partial charge in [0.25, 0.3) is 0 Å². The minimum Gasteiger partial charge on any atom is -0.366 e. The molecule has 0 amide bonds.